The van der Waals surface area contributed by atoms with Gasteiger partial charge in [0.15, 0.2) is 0 Å². The predicted molar refractivity (Wildman–Crippen MR) is 115 cm³/mol. The molecule has 4 rings (SSSR count). The zero-order valence-corrected chi connectivity index (χ0v) is 17.7. The molecule has 146 valence electrons. The van der Waals surface area contributed by atoms with Crippen molar-refractivity contribution in [2.45, 2.75) is 58.3 Å². The number of fused-ring (bicyclic) bond motifs is 1. The number of anilines is 1. The molecule has 3 aliphatic rings. The lowest BCUT2D eigenvalue weighted by molar-refractivity contribution is -0.485. The summed E-state index contributed by atoms with van der Waals surface area (Å²) in [7, 11) is 2.24. The van der Waals surface area contributed by atoms with Crippen LogP contribution in [0.25, 0.3) is 0 Å². The lowest BCUT2D eigenvalue weighted by atomic mass is 9.83. The molecule has 1 fully saturated rings. The highest BCUT2D eigenvalue weighted by molar-refractivity contribution is 5.92. The summed E-state index contributed by atoms with van der Waals surface area (Å²) in [6.07, 6.45) is 9.55. The topological polar surface area (TPSA) is 9.49 Å². The van der Waals surface area contributed by atoms with Gasteiger partial charge < -0.3 is 4.90 Å². The Bertz CT molecular complexity index is 753. The maximum Gasteiger partial charge on any atom is 0.273 e. The molecule has 0 spiro atoms. The van der Waals surface area contributed by atoms with Crippen molar-refractivity contribution in [2.75, 3.05) is 38.1 Å². The SMILES string of the molecule is CCN1CC[N+](C)=C1/C=C1/N(CCC2CCCC2)c2ccccc2C1(C)C. The monoisotopic (exact) mass is 366 g/mol. The molecule has 1 saturated carbocycles. The third-order valence-electron chi connectivity index (χ3n) is 7.10. The van der Waals surface area contributed by atoms with Gasteiger partial charge in [0, 0.05) is 29.4 Å². The van der Waals surface area contributed by atoms with E-state index < -0.39 is 0 Å². The van der Waals surface area contributed by atoms with E-state index in [1.807, 2.05) is 0 Å². The molecule has 0 bridgehead atoms. The summed E-state index contributed by atoms with van der Waals surface area (Å²) in [4.78, 5) is 5.15. The van der Waals surface area contributed by atoms with Gasteiger partial charge in [-0.25, -0.2) is 0 Å². The van der Waals surface area contributed by atoms with Crippen LogP contribution < -0.4 is 4.90 Å². The average Bonchev–Trinajstić information content (AvgIpc) is 3.35. The summed E-state index contributed by atoms with van der Waals surface area (Å²) in [5.74, 6) is 2.32. The number of benzene rings is 1. The summed E-state index contributed by atoms with van der Waals surface area (Å²) in [5.41, 5.74) is 4.44. The number of rotatable bonds is 5. The number of nitrogens with zero attached hydrogens (tertiary/aromatic N) is 3. The molecule has 2 aliphatic heterocycles. The Hall–Kier alpha value is -1.77. The highest BCUT2D eigenvalue weighted by Crippen LogP contribution is 2.48. The lowest BCUT2D eigenvalue weighted by Crippen LogP contribution is -2.33. The van der Waals surface area contributed by atoms with E-state index in [9.17, 15) is 0 Å². The van der Waals surface area contributed by atoms with Crippen LogP contribution in [0, 0.1) is 5.92 Å². The van der Waals surface area contributed by atoms with Gasteiger partial charge in [-0.3, -0.25) is 9.48 Å². The molecule has 1 aromatic rings. The Kier molecular flexibility index (Phi) is 5.05. The fourth-order valence-electron chi connectivity index (χ4n) is 5.34. The molecular weight excluding hydrogens is 330 g/mol. The highest BCUT2D eigenvalue weighted by atomic mass is 15.3. The smallest absolute Gasteiger partial charge is 0.273 e. The van der Waals surface area contributed by atoms with Crippen molar-refractivity contribution in [3.8, 4) is 0 Å². The van der Waals surface area contributed by atoms with Crippen LogP contribution in [0.4, 0.5) is 5.69 Å². The maximum absolute atomic E-state index is 2.64. The third-order valence-corrected chi connectivity index (χ3v) is 7.10. The number of hydrogen-bond donors (Lipinski definition) is 0. The van der Waals surface area contributed by atoms with Gasteiger partial charge in [-0.2, -0.15) is 0 Å². The maximum atomic E-state index is 2.64. The van der Waals surface area contributed by atoms with Crippen LogP contribution in [-0.4, -0.2) is 48.5 Å². The Morgan fingerprint density at radius 3 is 2.67 bits per heavy atom. The van der Waals surface area contributed by atoms with Crippen molar-refractivity contribution in [1.29, 1.82) is 0 Å². The molecule has 3 heteroatoms. The summed E-state index contributed by atoms with van der Waals surface area (Å²) in [5, 5.41) is 0. The van der Waals surface area contributed by atoms with Crippen molar-refractivity contribution >= 4 is 11.5 Å². The van der Waals surface area contributed by atoms with Gasteiger partial charge in [-0.05, 0) is 30.9 Å². The molecule has 0 unspecified atom stereocenters. The predicted octanol–water partition coefficient (Wildman–Crippen LogP) is 4.62. The molecule has 0 aromatic heterocycles. The van der Waals surface area contributed by atoms with Gasteiger partial charge in [0.05, 0.1) is 13.6 Å². The van der Waals surface area contributed by atoms with Crippen molar-refractivity contribution < 1.29 is 4.58 Å². The van der Waals surface area contributed by atoms with Crippen LogP contribution in [-0.2, 0) is 5.41 Å². The standard InChI is InChI=1S/C24H36N3/c1-5-26-17-16-25(4)23(26)18-22-24(2,3)20-12-8-9-13-21(20)27(22)15-14-19-10-6-7-11-19/h8-9,12-13,18-19H,5-7,10-11,14-17H2,1-4H3/q+1. The minimum absolute atomic E-state index is 0.0576. The van der Waals surface area contributed by atoms with Gasteiger partial charge >= 0.3 is 0 Å². The number of hydrogen-bond acceptors (Lipinski definition) is 2. The molecule has 0 atom stereocenters. The molecule has 2 heterocycles. The van der Waals surface area contributed by atoms with Crippen LogP contribution in [0.1, 0.15) is 58.4 Å². The summed E-state index contributed by atoms with van der Waals surface area (Å²) in [6, 6.07) is 9.06. The number of likely N-dealkylation sites (N-methyl/N-ethyl adjacent to an activating group) is 2. The zero-order chi connectivity index (χ0) is 19.0. The first kappa shape index (κ1) is 18.6. The first-order valence-electron chi connectivity index (χ1n) is 10.9. The van der Waals surface area contributed by atoms with Crippen LogP contribution in [0.2, 0.25) is 0 Å². The second kappa shape index (κ2) is 7.33. The van der Waals surface area contributed by atoms with Gasteiger partial charge in [-0.1, -0.05) is 57.7 Å². The largest absolute Gasteiger partial charge is 0.344 e. The molecule has 27 heavy (non-hydrogen) atoms. The van der Waals surface area contributed by atoms with Crippen LogP contribution in [0.3, 0.4) is 0 Å². The van der Waals surface area contributed by atoms with Crippen molar-refractivity contribution in [3.63, 3.8) is 0 Å². The van der Waals surface area contributed by atoms with E-state index in [0.29, 0.717) is 0 Å². The van der Waals surface area contributed by atoms with E-state index in [4.69, 9.17) is 0 Å². The Morgan fingerprint density at radius 2 is 1.93 bits per heavy atom. The first-order chi connectivity index (χ1) is 13.0. The fraction of sp³-hybridized carbons (Fsp3) is 0.625. The van der Waals surface area contributed by atoms with E-state index in [0.717, 1.165) is 32.1 Å². The normalized spacial score (nSPS) is 23.8. The Balaban J connectivity index is 1.70. The first-order valence-corrected chi connectivity index (χ1v) is 10.9. The molecule has 0 amide bonds. The minimum atomic E-state index is 0.0576. The molecular formula is C24H36N3+. The van der Waals surface area contributed by atoms with E-state index in [1.54, 1.807) is 0 Å². The summed E-state index contributed by atoms with van der Waals surface area (Å²) < 4.78 is 2.42. The van der Waals surface area contributed by atoms with Crippen molar-refractivity contribution in [3.05, 3.63) is 41.6 Å². The van der Waals surface area contributed by atoms with Crippen LogP contribution in [0.5, 0.6) is 0 Å². The van der Waals surface area contributed by atoms with Gasteiger partial charge in [0.2, 0.25) is 0 Å². The number of para-hydroxylation sites is 1. The van der Waals surface area contributed by atoms with Crippen molar-refractivity contribution in [1.82, 2.24) is 4.90 Å². The Labute approximate surface area is 165 Å². The van der Waals surface area contributed by atoms with Crippen LogP contribution >= 0.6 is 0 Å². The second-order valence-electron chi connectivity index (χ2n) is 9.12. The molecule has 0 N–H and O–H groups in total. The molecule has 3 nitrogen and oxygen atoms in total. The summed E-state index contributed by atoms with van der Waals surface area (Å²) in [6.45, 7) is 11.6. The van der Waals surface area contributed by atoms with Gasteiger partial charge in [-0.15, -0.1) is 0 Å². The van der Waals surface area contributed by atoms with Gasteiger partial charge in [0.25, 0.3) is 5.84 Å². The lowest BCUT2D eigenvalue weighted by Gasteiger charge is -2.28. The second-order valence-corrected chi connectivity index (χ2v) is 9.12. The molecule has 1 aliphatic carbocycles. The molecule has 0 radical (unpaired) electrons. The van der Waals surface area contributed by atoms with Crippen molar-refractivity contribution in [2.24, 2.45) is 5.92 Å². The number of allylic oxidation sites excluding steroid dienone is 1. The number of amidine groups is 1. The fourth-order valence-corrected chi connectivity index (χ4v) is 5.34. The molecule has 0 saturated heterocycles. The summed E-state index contributed by atoms with van der Waals surface area (Å²) >= 11 is 0. The van der Waals surface area contributed by atoms with E-state index in [1.165, 1.54) is 54.9 Å². The quantitative estimate of drug-likeness (QED) is 0.703. The van der Waals surface area contributed by atoms with E-state index in [2.05, 4.69) is 72.5 Å². The van der Waals surface area contributed by atoms with Crippen LogP contribution in [0.15, 0.2) is 36.0 Å². The van der Waals surface area contributed by atoms with E-state index in [-0.39, 0.29) is 5.41 Å². The third kappa shape index (κ3) is 3.30. The Morgan fingerprint density at radius 1 is 1.19 bits per heavy atom. The van der Waals surface area contributed by atoms with Gasteiger partial charge in [0.1, 0.15) is 13.1 Å². The highest BCUT2D eigenvalue weighted by Gasteiger charge is 2.41. The molecule has 1 aromatic carbocycles. The van der Waals surface area contributed by atoms with E-state index >= 15 is 0 Å². The minimum Gasteiger partial charge on any atom is -0.344 e. The average molecular weight is 367 g/mol. The zero-order valence-electron chi connectivity index (χ0n) is 17.7.